The van der Waals surface area contributed by atoms with E-state index in [1.165, 1.54) is 83.8 Å². The molecule has 0 spiro atoms. The van der Waals surface area contributed by atoms with E-state index in [0.29, 0.717) is 0 Å². The van der Waals surface area contributed by atoms with Crippen LogP contribution in [-0.4, -0.2) is 36.6 Å². The number of unbranched alkanes of at least 4 members (excludes halogenated alkanes) is 7. The van der Waals surface area contributed by atoms with Gasteiger partial charge in [-0.2, -0.15) is 0 Å². The molecule has 0 saturated carbocycles. The van der Waals surface area contributed by atoms with E-state index in [0.717, 1.165) is 12.1 Å². The largest absolute Gasteiger partial charge is 0.311 e. The van der Waals surface area contributed by atoms with Gasteiger partial charge in [0.25, 0.3) is 0 Å². The maximum atomic E-state index is 3.69. The minimum absolute atomic E-state index is 0.729. The number of nitrogens with one attached hydrogen (secondary N) is 1. The third kappa shape index (κ3) is 7.64. The van der Waals surface area contributed by atoms with Crippen molar-refractivity contribution in [3.8, 4) is 0 Å². The molecule has 0 aliphatic carbocycles. The lowest BCUT2D eigenvalue weighted by Gasteiger charge is -2.39. The number of nitrogens with zero attached hydrogens (tertiary/aromatic N) is 1. The fourth-order valence-electron chi connectivity index (χ4n) is 3.30. The summed E-state index contributed by atoms with van der Waals surface area (Å²) >= 11 is 0. The normalized spacial score (nSPS) is 24.1. The second-order valence-electron chi connectivity index (χ2n) is 6.71. The van der Waals surface area contributed by atoms with E-state index >= 15 is 0 Å². The molecule has 2 nitrogen and oxygen atoms in total. The summed E-state index contributed by atoms with van der Waals surface area (Å²) in [5.74, 6) is 0. The van der Waals surface area contributed by atoms with Crippen molar-refractivity contribution in [1.29, 1.82) is 0 Å². The smallest absolute Gasteiger partial charge is 0.0195 e. The molecule has 1 rings (SSSR count). The Morgan fingerprint density at radius 3 is 2.20 bits per heavy atom. The molecule has 1 aliphatic heterocycles. The van der Waals surface area contributed by atoms with E-state index in [1.807, 2.05) is 0 Å². The Morgan fingerprint density at radius 1 is 0.900 bits per heavy atom. The Labute approximate surface area is 127 Å². The van der Waals surface area contributed by atoms with Crippen LogP contribution in [0.1, 0.15) is 85.0 Å². The van der Waals surface area contributed by atoms with Gasteiger partial charge in [-0.3, -0.25) is 4.90 Å². The van der Waals surface area contributed by atoms with Gasteiger partial charge < -0.3 is 5.32 Å². The molecular weight excluding hydrogens is 244 g/mol. The van der Waals surface area contributed by atoms with Gasteiger partial charge in [-0.15, -0.1) is 0 Å². The van der Waals surface area contributed by atoms with E-state index < -0.39 is 0 Å². The van der Waals surface area contributed by atoms with Crippen molar-refractivity contribution in [1.82, 2.24) is 10.2 Å². The highest BCUT2D eigenvalue weighted by Crippen LogP contribution is 2.13. The molecule has 120 valence electrons. The van der Waals surface area contributed by atoms with Crippen LogP contribution < -0.4 is 5.32 Å². The van der Waals surface area contributed by atoms with Crippen molar-refractivity contribution in [2.24, 2.45) is 0 Å². The molecule has 0 amide bonds. The summed E-state index contributed by atoms with van der Waals surface area (Å²) in [5, 5.41) is 3.69. The third-order valence-corrected chi connectivity index (χ3v) is 4.72. The molecule has 2 heteroatoms. The molecule has 0 aromatic heterocycles. The van der Waals surface area contributed by atoms with Gasteiger partial charge in [0.2, 0.25) is 0 Å². The van der Waals surface area contributed by atoms with Crippen LogP contribution in [0.3, 0.4) is 0 Å². The summed E-state index contributed by atoms with van der Waals surface area (Å²) in [5.41, 5.74) is 0. The van der Waals surface area contributed by atoms with Crippen LogP contribution in [0.2, 0.25) is 0 Å². The first-order chi connectivity index (χ1) is 9.77. The predicted molar refractivity (Wildman–Crippen MR) is 90.3 cm³/mol. The molecule has 1 aliphatic rings. The molecule has 1 saturated heterocycles. The van der Waals surface area contributed by atoms with Crippen molar-refractivity contribution in [2.75, 3.05) is 19.6 Å². The van der Waals surface area contributed by atoms with Gasteiger partial charge in [-0.1, -0.05) is 65.2 Å². The van der Waals surface area contributed by atoms with Gasteiger partial charge in [0.1, 0.15) is 0 Å². The Bertz CT molecular complexity index is 217. The van der Waals surface area contributed by atoms with Crippen molar-refractivity contribution in [3.05, 3.63) is 0 Å². The Hall–Kier alpha value is -0.0800. The molecule has 0 bridgehead atoms. The first kappa shape index (κ1) is 18.0. The molecule has 1 fully saturated rings. The molecule has 0 aromatic rings. The fourth-order valence-corrected chi connectivity index (χ4v) is 3.30. The molecule has 1 N–H and O–H groups in total. The van der Waals surface area contributed by atoms with Crippen LogP contribution in [0.4, 0.5) is 0 Å². The summed E-state index contributed by atoms with van der Waals surface area (Å²) in [6.07, 6.45) is 14.1. The number of hydrogen-bond donors (Lipinski definition) is 1. The zero-order valence-electron chi connectivity index (χ0n) is 14.3. The van der Waals surface area contributed by atoms with E-state index in [4.69, 9.17) is 0 Å². The van der Waals surface area contributed by atoms with Crippen LogP contribution >= 0.6 is 0 Å². The van der Waals surface area contributed by atoms with Crippen molar-refractivity contribution < 1.29 is 0 Å². The number of piperazine rings is 1. The quantitative estimate of drug-likeness (QED) is 0.558. The number of rotatable bonds is 11. The standard InChI is InChI=1S/C18H38N2/c1-4-6-7-8-9-10-11-12-14-20-16-18(13-5-2)19-15-17(20)3/h17-19H,4-16H2,1-3H3. The fraction of sp³-hybridized carbons (Fsp3) is 1.00. The average molecular weight is 283 g/mol. The summed E-state index contributed by atoms with van der Waals surface area (Å²) < 4.78 is 0. The highest BCUT2D eigenvalue weighted by molar-refractivity contribution is 4.83. The van der Waals surface area contributed by atoms with Gasteiger partial charge in [0.15, 0.2) is 0 Å². The first-order valence-electron chi connectivity index (χ1n) is 9.25. The van der Waals surface area contributed by atoms with Gasteiger partial charge in [-0.25, -0.2) is 0 Å². The van der Waals surface area contributed by atoms with Crippen LogP contribution in [0.5, 0.6) is 0 Å². The third-order valence-electron chi connectivity index (χ3n) is 4.72. The lowest BCUT2D eigenvalue weighted by molar-refractivity contribution is 0.134. The molecule has 1 heterocycles. The highest BCUT2D eigenvalue weighted by Gasteiger charge is 2.23. The second-order valence-corrected chi connectivity index (χ2v) is 6.71. The molecule has 2 unspecified atom stereocenters. The van der Waals surface area contributed by atoms with Crippen molar-refractivity contribution in [3.63, 3.8) is 0 Å². The summed E-state index contributed by atoms with van der Waals surface area (Å²) in [4.78, 5) is 2.72. The maximum absolute atomic E-state index is 3.69. The second kappa shape index (κ2) is 11.6. The summed E-state index contributed by atoms with van der Waals surface area (Å²) in [6.45, 7) is 10.7. The predicted octanol–water partition coefficient (Wildman–Crippen LogP) is 4.59. The van der Waals surface area contributed by atoms with E-state index in [2.05, 4.69) is 31.0 Å². The van der Waals surface area contributed by atoms with Crippen LogP contribution in [0.25, 0.3) is 0 Å². The topological polar surface area (TPSA) is 15.3 Å². The van der Waals surface area contributed by atoms with Crippen LogP contribution in [0, 0.1) is 0 Å². The van der Waals surface area contributed by atoms with Gasteiger partial charge in [0, 0.05) is 25.2 Å². The van der Waals surface area contributed by atoms with E-state index in [-0.39, 0.29) is 0 Å². The Balaban J connectivity index is 2.02. The van der Waals surface area contributed by atoms with Gasteiger partial charge in [-0.05, 0) is 26.3 Å². The lowest BCUT2D eigenvalue weighted by Crippen LogP contribution is -2.55. The molecule has 0 radical (unpaired) electrons. The van der Waals surface area contributed by atoms with E-state index in [9.17, 15) is 0 Å². The van der Waals surface area contributed by atoms with Gasteiger partial charge in [0.05, 0.1) is 0 Å². The minimum atomic E-state index is 0.729. The minimum Gasteiger partial charge on any atom is -0.311 e. The van der Waals surface area contributed by atoms with Crippen LogP contribution in [0.15, 0.2) is 0 Å². The average Bonchev–Trinajstić information content (AvgIpc) is 2.45. The van der Waals surface area contributed by atoms with Crippen molar-refractivity contribution >= 4 is 0 Å². The zero-order valence-corrected chi connectivity index (χ0v) is 14.3. The molecule has 0 aromatic carbocycles. The maximum Gasteiger partial charge on any atom is 0.0195 e. The Morgan fingerprint density at radius 2 is 1.55 bits per heavy atom. The SMILES string of the molecule is CCCCCCCCCCN1CC(CCC)NCC1C. The van der Waals surface area contributed by atoms with Gasteiger partial charge >= 0.3 is 0 Å². The zero-order chi connectivity index (χ0) is 14.6. The lowest BCUT2D eigenvalue weighted by atomic mass is 10.0. The number of hydrogen-bond acceptors (Lipinski definition) is 2. The monoisotopic (exact) mass is 282 g/mol. The first-order valence-corrected chi connectivity index (χ1v) is 9.25. The summed E-state index contributed by atoms with van der Waals surface area (Å²) in [7, 11) is 0. The van der Waals surface area contributed by atoms with Crippen molar-refractivity contribution in [2.45, 2.75) is 97.1 Å². The molecule has 20 heavy (non-hydrogen) atoms. The highest BCUT2D eigenvalue weighted by atomic mass is 15.2. The van der Waals surface area contributed by atoms with E-state index in [1.54, 1.807) is 0 Å². The van der Waals surface area contributed by atoms with Crippen LogP contribution in [-0.2, 0) is 0 Å². The molecule has 2 atom stereocenters. The summed E-state index contributed by atoms with van der Waals surface area (Å²) in [6, 6.07) is 1.47. The Kier molecular flexibility index (Phi) is 10.4. The molecular formula is C18H38N2.